The molecule has 0 amide bonds. The van der Waals surface area contributed by atoms with Crippen LogP contribution in [0.2, 0.25) is 0 Å². The van der Waals surface area contributed by atoms with Crippen LogP contribution in [0.1, 0.15) is 39.5 Å². The Balaban J connectivity index is -0.000000163. The first-order chi connectivity index (χ1) is 6.33. The van der Waals surface area contributed by atoms with E-state index in [0.717, 1.165) is 13.1 Å². The van der Waals surface area contributed by atoms with Gasteiger partial charge in [0, 0.05) is 13.1 Å². The molecule has 1 nitrogen and oxygen atoms in total. The van der Waals surface area contributed by atoms with Crippen LogP contribution < -0.4 is 5.32 Å². The Morgan fingerprint density at radius 1 is 0.929 bits per heavy atom. The van der Waals surface area contributed by atoms with Gasteiger partial charge in [0.1, 0.15) is 0 Å². The van der Waals surface area contributed by atoms with Gasteiger partial charge in [0.2, 0.25) is 0 Å². The molecule has 0 spiro atoms. The number of unbranched alkanes of at least 4 members (excludes halogenated alkanes) is 3. The zero-order valence-electron chi connectivity index (χ0n) is 9.72. The molecule has 0 fully saturated rings. The highest BCUT2D eigenvalue weighted by atomic mass is 35.5. The van der Waals surface area contributed by atoms with Crippen molar-refractivity contribution in [2.75, 3.05) is 13.1 Å². The number of rotatable bonds is 7. The summed E-state index contributed by atoms with van der Waals surface area (Å²) < 4.78 is 0. The molecule has 86 valence electrons. The van der Waals surface area contributed by atoms with E-state index in [2.05, 4.69) is 32.3 Å². The molecule has 0 aliphatic carbocycles. The Kier molecular flexibility index (Phi) is 31.7. The third kappa shape index (κ3) is 29.8. The summed E-state index contributed by atoms with van der Waals surface area (Å²) >= 11 is 0. The average Bonchev–Trinajstić information content (AvgIpc) is 2.17. The standard InChI is InChI=1S/C6H11N.C6H14.ClH/c1-3-5-7-6-4-2;1-3-5-6-4-2;/h3-4,7H,1-2,5-6H2;3-6H2,1-2H3;1H. The molecule has 0 saturated heterocycles. The number of hydrogen-bond donors (Lipinski definition) is 1. The third-order valence-electron chi connectivity index (χ3n) is 1.53. The van der Waals surface area contributed by atoms with Crippen LogP contribution in [0, 0.1) is 0 Å². The molecule has 0 aromatic heterocycles. The summed E-state index contributed by atoms with van der Waals surface area (Å²) in [5, 5.41) is 3.05. The van der Waals surface area contributed by atoms with Gasteiger partial charge in [-0.3, -0.25) is 0 Å². The summed E-state index contributed by atoms with van der Waals surface area (Å²) in [4.78, 5) is 0. The minimum Gasteiger partial charge on any atom is -0.310 e. The first-order valence-electron chi connectivity index (χ1n) is 5.25. The fraction of sp³-hybridized carbons (Fsp3) is 0.667. The summed E-state index contributed by atoms with van der Waals surface area (Å²) in [6.07, 6.45) is 9.18. The number of nitrogens with one attached hydrogen (secondary N) is 1. The van der Waals surface area contributed by atoms with Crippen LogP contribution in [0.4, 0.5) is 0 Å². The summed E-state index contributed by atoms with van der Waals surface area (Å²) in [6, 6.07) is 0. The highest BCUT2D eigenvalue weighted by Gasteiger charge is 1.75. The van der Waals surface area contributed by atoms with Crippen molar-refractivity contribution in [2.45, 2.75) is 39.5 Å². The van der Waals surface area contributed by atoms with E-state index in [0.29, 0.717) is 0 Å². The summed E-state index contributed by atoms with van der Waals surface area (Å²) in [7, 11) is 0. The monoisotopic (exact) mass is 219 g/mol. The second-order valence-electron chi connectivity index (χ2n) is 2.94. The van der Waals surface area contributed by atoms with Crippen LogP contribution in [0.3, 0.4) is 0 Å². The molecule has 0 bridgehead atoms. The van der Waals surface area contributed by atoms with E-state index in [1.165, 1.54) is 25.7 Å². The molecule has 0 aromatic carbocycles. The van der Waals surface area contributed by atoms with Crippen LogP contribution in [0.5, 0.6) is 0 Å². The first kappa shape index (κ1) is 19.3. The maximum Gasteiger partial charge on any atom is 0.0135 e. The Morgan fingerprint density at radius 3 is 1.50 bits per heavy atom. The Hall–Kier alpha value is -0.270. The van der Waals surface area contributed by atoms with E-state index in [1.807, 2.05) is 12.2 Å². The van der Waals surface area contributed by atoms with Gasteiger partial charge in [0.25, 0.3) is 0 Å². The largest absolute Gasteiger partial charge is 0.310 e. The second kappa shape index (κ2) is 23.0. The molecule has 0 rings (SSSR count). The van der Waals surface area contributed by atoms with Crippen molar-refractivity contribution in [1.29, 1.82) is 0 Å². The smallest absolute Gasteiger partial charge is 0.0135 e. The second-order valence-corrected chi connectivity index (χ2v) is 2.94. The van der Waals surface area contributed by atoms with Crippen LogP contribution in [-0.2, 0) is 0 Å². The van der Waals surface area contributed by atoms with E-state index >= 15 is 0 Å². The maximum absolute atomic E-state index is 3.54. The average molecular weight is 220 g/mol. The molecule has 0 aliphatic heterocycles. The highest BCUT2D eigenvalue weighted by Crippen LogP contribution is 1.95. The zero-order chi connectivity index (χ0) is 10.4. The van der Waals surface area contributed by atoms with E-state index < -0.39 is 0 Å². The lowest BCUT2D eigenvalue weighted by atomic mass is 10.2. The molecular weight excluding hydrogens is 194 g/mol. The molecule has 1 N–H and O–H groups in total. The van der Waals surface area contributed by atoms with Gasteiger partial charge in [-0.05, 0) is 0 Å². The van der Waals surface area contributed by atoms with Crippen molar-refractivity contribution in [3.05, 3.63) is 25.3 Å². The fourth-order valence-electron chi connectivity index (χ4n) is 0.787. The van der Waals surface area contributed by atoms with Gasteiger partial charge in [-0.1, -0.05) is 51.7 Å². The highest BCUT2D eigenvalue weighted by molar-refractivity contribution is 5.85. The van der Waals surface area contributed by atoms with Gasteiger partial charge in [-0.2, -0.15) is 0 Å². The lowest BCUT2D eigenvalue weighted by Crippen LogP contribution is -2.11. The lowest BCUT2D eigenvalue weighted by molar-refractivity contribution is 0.702. The lowest BCUT2D eigenvalue weighted by Gasteiger charge is -1.90. The van der Waals surface area contributed by atoms with Gasteiger partial charge < -0.3 is 5.32 Å². The topological polar surface area (TPSA) is 12.0 Å². The van der Waals surface area contributed by atoms with Crippen molar-refractivity contribution in [1.82, 2.24) is 5.32 Å². The SMILES string of the molecule is C=CCNCC=C.CCCCCC.Cl. The van der Waals surface area contributed by atoms with Crippen molar-refractivity contribution in [2.24, 2.45) is 0 Å². The summed E-state index contributed by atoms with van der Waals surface area (Å²) in [5.41, 5.74) is 0. The molecule has 0 aliphatic rings. The molecule has 14 heavy (non-hydrogen) atoms. The Morgan fingerprint density at radius 2 is 1.29 bits per heavy atom. The van der Waals surface area contributed by atoms with Crippen molar-refractivity contribution in [3.8, 4) is 0 Å². The predicted octanol–water partition coefficient (Wildman–Crippen LogP) is 3.96. The molecule has 0 heterocycles. The van der Waals surface area contributed by atoms with Gasteiger partial charge >= 0.3 is 0 Å². The van der Waals surface area contributed by atoms with E-state index in [9.17, 15) is 0 Å². The minimum absolute atomic E-state index is 0. The fourth-order valence-corrected chi connectivity index (χ4v) is 0.787. The van der Waals surface area contributed by atoms with Crippen LogP contribution >= 0.6 is 12.4 Å². The molecule has 0 aromatic rings. The van der Waals surface area contributed by atoms with Gasteiger partial charge in [0.15, 0.2) is 0 Å². The van der Waals surface area contributed by atoms with E-state index in [1.54, 1.807) is 0 Å². The normalized spacial score (nSPS) is 7.86. The maximum atomic E-state index is 3.54. The van der Waals surface area contributed by atoms with Crippen molar-refractivity contribution >= 4 is 12.4 Å². The molecule has 0 saturated carbocycles. The summed E-state index contributed by atoms with van der Waals surface area (Å²) in [6.45, 7) is 13.3. The summed E-state index contributed by atoms with van der Waals surface area (Å²) in [5.74, 6) is 0. The van der Waals surface area contributed by atoms with Crippen molar-refractivity contribution < 1.29 is 0 Å². The zero-order valence-corrected chi connectivity index (χ0v) is 10.5. The number of hydrogen-bond acceptors (Lipinski definition) is 1. The van der Waals surface area contributed by atoms with Crippen molar-refractivity contribution in [3.63, 3.8) is 0 Å². The predicted molar refractivity (Wildman–Crippen MR) is 70.3 cm³/mol. The molecule has 0 atom stereocenters. The quantitative estimate of drug-likeness (QED) is 0.505. The van der Waals surface area contributed by atoms with Gasteiger partial charge in [-0.25, -0.2) is 0 Å². The van der Waals surface area contributed by atoms with Gasteiger partial charge in [-0.15, -0.1) is 25.6 Å². The minimum atomic E-state index is 0. The third-order valence-corrected chi connectivity index (χ3v) is 1.53. The van der Waals surface area contributed by atoms with Crippen LogP contribution in [0.15, 0.2) is 25.3 Å². The van der Waals surface area contributed by atoms with E-state index in [-0.39, 0.29) is 12.4 Å². The van der Waals surface area contributed by atoms with Crippen LogP contribution in [0.25, 0.3) is 0 Å². The molecule has 0 radical (unpaired) electrons. The first-order valence-corrected chi connectivity index (χ1v) is 5.25. The Bertz CT molecular complexity index is 90.5. The van der Waals surface area contributed by atoms with Crippen LogP contribution in [-0.4, -0.2) is 13.1 Å². The Labute approximate surface area is 96.1 Å². The number of halogens is 1. The molecule has 2 heteroatoms. The molecular formula is C12H26ClN. The van der Waals surface area contributed by atoms with E-state index in [4.69, 9.17) is 0 Å². The molecule has 0 unspecified atom stereocenters. The van der Waals surface area contributed by atoms with Gasteiger partial charge in [0.05, 0.1) is 0 Å².